The van der Waals surface area contributed by atoms with Crippen LogP contribution in [0.1, 0.15) is 13.3 Å². The number of piperidine rings is 1. The predicted octanol–water partition coefficient (Wildman–Crippen LogP) is 1.07. The van der Waals surface area contributed by atoms with E-state index in [4.69, 9.17) is 0 Å². The molecule has 4 heterocycles. The molecule has 28 heavy (non-hydrogen) atoms. The Morgan fingerprint density at radius 2 is 1.89 bits per heavy atom. The minimum atomic E-state index is -0.401. The van der Waals surface area contributed by atoms with E-state index in [1.54, 1.807) is 6.20 Å². The third kappa shape index (κ3) is 4.18. The van der Waals surface area contributed by atoms with Crippen LogP contribution in [0.2, 0.25) is 0 Å². The largest absolute Gasteiger partial charge is 0.390 e. The molecule has 2 N–H and O–H groups in total. The second-order valence-electron chi connectivity index (χ2n) is 7.35. The lowest BCUT2D eigenvalue weighted by atomic mass is 9.99. The highest BCUT2D eigenvalue weighted by atomic mass is 16.3. The number of pyridine rings is 1. The van der Waals surface area contributed by atoms with Crippen molar-refractivity contribution in [3.8, 4) is 0 Å². The van der Waals surface area contributed by atoms with Crippen LogP contribution in [-0.4, -0.2) is 82.9 Å². The molecule has 2 aromatic heterocycles. The van der Waals surface area contributed by atoms with E-state index >= 15 is 0 Å². The SMILES string of the molecule is CCNc1ccnc(N2CC[C@H](N3CCN(c4ccccn4)CC3)[C@@H](O)C2)n1. The minimum absolute atomic E-state index is 0.194. The molecule has 0 radical (unpaired) electrons. The van der Waals surface area contributed by atoms with Gasteiger partial charge < -0.3 is 20.2 Å². The summed E-state index contributed by atoms with van der Waals surface area (Å²) in [6, 6.07) is 8.10. The fourth-order valence-electron chi connectivity index (χ4n) is 4.13. The van der Waals surface area contributed by atoms with Crippen LogP contribution in [0.3, 0.4) is 0 Å². The third-order valence-corrected chi connectivity index (χ3v) is 5.59. The monoisotopic (exact) mass is 383 g/mol. The number of nitrogens with zero attached hydrogens (tertiary/aromatic N) is 6. The molecule has 2 aliphatic rings. The Kier molecular flexibility index (Phi) is 5.87. The Morgan fingerprint density at radius 3 is 2.61 bits per heavy atom. The molecule has 2 saturated heterocycles. The molecule has 2 atom stereocenters. The van der Waals surface area contributed by atoms with Crippen molar-refractivity contribution in [2.24, 2.45) is 0 Å². The number of hydrogen-bond donors (Lipinski definition) is 2. The van der Waals surface area contributed by atoms with Crippen molar-refractivity contribution in [1.82, 2.24) is 19.9 Å². The van der Waals surface area contributed by atoms with E-state index in [2.05, 4.69) is 41.0 Å². The molecule has 0 bridgehead atoms. The van der Waals surface area contributed by atoms with Crippen molar-refractivity contribution in [3.63, 3.8) is 0 Å². The number of aromatic nitrogens is 3. The molecular weight excluding hydrogens is 354 g/mol. The zero-order valence-electron chi connectivity index (χ0n) is 16.4. The molecule has 0 saturated carbocycles. The summed E-state index contributed by atoms with van der Waals surface area (Å²) in [7, 11) is 0. The van der Waals surface area contributed by atoms with Crippen molar-refractivity contribution in [3.05, 3.63) is 36.7 Å². The summed E-state index contributed by atoms with van der Waals surface area (Å²) in [6.07, 6.45) is 4.13. The number of hydrogen-bond acceptors (Lipinski definition) is 8. The van der Waals surface area contributed by atoms with Crippen LogP contribution in [-0.2, 0) is 0 Å². The van der Waals surface area contributed by atoms with Crippen LogP contribution in [0, 0.1) is 0 Å². The van der Waals surface area contributed by atoms with E-state index in [-0.39, 0.29) is 6.04 Å². The molecule has 0 unspecified atom stereocenters. The maximum atomic E-state index is 10.8. The molecule has 0 amide bonds. The van der Waals surface area contributed by atoms with E-state index in [1.807, 2.05) is 31.3 Å². The van der Waals surface area contributed by atoms with Crippen LogP contribution < -0.4 is 15.1 Å². The predicted molar refractivity (Wildman–Crippen MR) is 111 cm³/mol. The Morgan fingerprint density at radius 1 is 1.04 bits per heavy atom. The van der Waals surface area contributed by atoms with Gasteiger partial charge in [-0.3, -0.25) is 4.90 Å². The van der Waals surface area contributed by atoms with Crippen molar-refractivity contribution in [2.75, 3.05) is 60.9 Å². The van der Waals surface area contributed by atoms with Crippen LogP contribution in [0.15, 0.2) is 36.7 Å². The van der Waals surface area contributed by atoms with Gasteiger partial charge in [0.15, 0.2) is 0 Å². The second-order valence-corrected chi connectivity index (χ2v) is 7.35. The zero-order chi connectivity index (χ0) is 19.3. The first-order valence-electron chi connectivity index (χ1n) is 10.1. The van der Waals surface area contributed by atoms with Crippen LogP contribution in [0.25, 0.3) is 0 Å². The average Bonchev–Trinajstić information content (AvgIpc) is 2.75. The van der Waals surface area contributed by atoms with Gasteiger partial charge in [-0.1, -0.05) is 6.07 Å². The molecule has 150 valence electrons. The highest BCUT2D eigenvalue weighted by Crippen LogP contribution is 2.23. The van der Waals surface area contributed by atoms with Gasteiger partial charge in [0.2, 0.25) is 5.95 Å². The number of anilines is 3. The molecule has 0 aliphatic carbocycles. The van der Waals surface area contributed by atoms with Crippen LogP contribution >= 0.6 is 0 Å². The van der Waals surface area contributed by atoms with Crippen molar-refractivity contribution in [1.29, 1.82) is 0 Å². The van der Waals surface area contributed by atoms with E-state index in [0.29, 0.717) is 12.5 Å². The summed E-state index contributed by atoms with van der Waals surface area (Å²) in [5, 5.41) is 14.0. The summed E-state index contributed by atoms with van der Waals surface area (Å²) in [5.41, 5.74) is 0. The Bertz CT molecular complexity index is 751. The van der Waals surface area contributed by atoms with Crippen molar-refractivity contribution < 1.29 is 5.11 Å². The molecular formula is C20H29N7O. The van der Waals surface area contributed by atoms with Crippen molar-refractivity contribution >= 4 is 17.6 Å². The van der Waals surface area contributed by atoms with Gasteiger partial charge in [0.05, 0.1) is 6.10 Å². The number of nitrogens with one attached hydrogen (secondary N) is 1. The van der Waals surface area contributed by atoms with Gasteiger partial charge >= 0.3 is 0 Å². The smallest absolute Gasteiger partial charge is 0.227 e. The first kappa shape index (κ1) is 18.9. The molecule has 8 heteroatoms. The van der Waals surface area contributed by atoms with Gasteiger partial charge in [-0.05, 0) is 31.5 Å². The van der Waals surface area contributed by atoms with Gasteiger partial charge in [0.25, 0.3) is 0 Å². The summed E-state index contributed by atoms with van der Waals surface area (Å²) < 4.78 is 0. The molecule has 4 rings (SSSR count). The van der Waals surface area contributed by atoms with Gasteiger partial charge in [0, 0.05) is 64.2 Å². The number of rotatable bonds is 5. The minimum Gasteiger partial charge on any atom is -0.390 e. The van der Waals surface area contributed by atoms with E-state index < -0.39 is 6.10 Å². The maximum absolute atomic E-state index is 10.8. The summed E-state index contributed by atoms with van der Waals surface area (Å²) in [6.45, 7) is 8.08. The van der Waals surface area contributed by atoms with E-state index in [9.17, 15) is 5.11 Å². The first-order valence-corrected chi connectivity index (χ1v) is 10.1. The van der Waals surface area contributed by atoms with E-state index in [0.717, 1.165) is 57.3 Å². The van der Waals surface area contributed by atoms with Crippen molar-refractivity contribution in [2.45, 2.75) is 25.5 Å². The van der Waals surface area contributed by atoms with Crippen LogP contribution in [0.4, 0.5) is 17.6 Å². The topological polar surface area (TPSA) is 80.7 Å². The lowest BCUT2D eigenvalue weighted by Crippen LogP contribution is -2.59. The standard InChI is InChI=1S/C20H29N7O/c1-2-21-18-6-9-23-20(24-18)27-10-7-16(17(28)15-27)25-11-13-26(14-12-25)19-5-3-4-8-22-19/h3-6,8-9,16-17,28H,2,7,10-15H2,1H3,(H,21,23,24)/t16-,17-/m0/s1. The lowest BCUT2D eigenvalue weighted by molar-refractivity contribution is 0.0334. The number of β-amino-alcohol motifs (C(OH)–C–C–N with tert-alkyl or cyclic N) is 1. The number of aliphatic hydroxyl groups excluding tert-OH is 1. The van der Waals surface area contributed by atoms with Gasteiger partial charge in [-0.15, -0.1) is 0 Å². The Hall–Kier alpha value is -2.45. The normalized spacial score (nSPS) is 23.6. The molecule has 2 aromatic rings. The van der Waals surface area contributed by atoms with Gasteiger partial charge in [-0.25, -0.2) is 9.97 Å². The molecule has 2 fully saturated rings. The highest BCUT2D eigenvalue weighted by Gasteiger charge is 2.34. The fourth-order valence-corrected chi connectivity index (χ4v) is 4.13. The molecule has 2 aliphatic heterocycles. The van der Waals surface area contributed by atoms with Crippen LogP contribution in [0.5, 0.6) is 0 Å². The van der Waals surface area contributed by atoms with E-state index in [1.165, 1.54) is 0 Å². The average molecular weight is 384 g/mol. The highest BCUT2D eigenvalue weighted by molar-refractivity contribution is 5.42. The quantitative estimate of drug-likeness (QED) is 0.794. The number of aliphatic hydroxyl groups is 1. The molecule has 0 aromatic carbocycles. The van der Waals surface area contributed by atoms with Gasteiger partial charge in [0.1, 0.15) is 11.6 Å². The number of piperazine rings is 1. The third-order valence-electron chi connectivity index (χ3n) is 5.59. The second kappa shape index (κ2) is 8.70. The summed E-state index contributed by atoms with van der Waals surface area (Å²) >= 11 is 0. The Balaban J connectivity index is 1.33. The lowest BCUT2D eigenvalue weighted by Gasteiger charge is -2.45. The Labute approximate surface area is 166 Å². The summed E-state index contributed by atoms with van der Waals surface area (Å²) in [4.78, 5) is 20.3. The maximum Gasteiger partial charge on any atom is 0.227 e. The first-order chi connectivity index (χ1) is 13.7. The fraction of sp³-hybridized carbons (Fsp3) is 0.550. The summed E-state index contributed by atoms with van der Waals surface area (Å²) in [5.74, 6) is 2.56. The zero-order valence-corrected chi connectivity index (χ0v) is 16.4. The molecule has 8 nitrogen and oxygen atoms in total. The van der Waals surface area contributed by atoms with Gasteiger partial charge in [-0.2, -0.15) is 4.98 Å². The molecule has 0 spiro atoms.